The highest BCUT2D eigenvalue weighted by Crippen LogP contribution is 2.36. The quantitative estimate of drug-likeness (QED) is 0.229. The third-order valence-corrected chi connectivity index (χ3v) is 4.69. The monoisotopic (exact) mass is 422 g/mol. The number of rotatable bonds is 7. The van der Waals surface area contributed by atoms with Gasteiger partial charge in [0.1, 0.15) is 11.5 Å². The molecule has 0 aliphatic carbocycles. The number of nitrogens with zero attached hydrogens (tertiary/aromatic N) is 2. The fourth-order valence-electron chi connectivity index (χ4n) is 3.09. The molecular weight excluding hydrogens is 400 g/mol. The summed E-state index contributed by atoms with van der Waals surface area (Å²) in [6.07, 6.45) is 3.31. The average molecular weight is 422 g/mol. The SMILES string of the molecule is Oc1ccc(/C=N/Nc2ccccc2)cc1-c1cc(/C=N/Nc2ccccc2)ccc1O. The fourth-order valence-corrected chi connectivity index (χ4v) is 3.09. The Balaban J connectivity index is 1.54. The molecule has 32 heavy (non-hydrogen) atoms. The maximum absolute atomic E-state index is 10.4. The minimum absolute atomic E-state index is 0.0602. The van der Waals surface area contributed by atoms with Crippen LogP contribution in [0.2, 0.25) is 0 Å². The van der Waals surface area contributed by atoms with E-state index in [0.717, 1.165) is 22.5 Å². The fraction of sp³-hybridized carbons (Fsp3) is 0. The molecule has 0 bridgehead atoms. The molecule has 0 atom stereocenters. The Bertz CT molecular complexity index is 1140. The van der Waals surface area contributed by atoms with Crippen molar-refractivity contribution in [1.82, 2.24) is 0 Å². The average Bonchev–Trinajstić information content (AvgIpc) is 2.83. The lowest BCUT2D eigenvalue weighted by Gasteiger charge is -2.09. The summed E-state index contributed by atoms with van der Waals surface area (Å²) in [6.45, 7) is 0. The van der Waals surface area contributed by atoms with Gasteiger partial charge in [0.15, 0.2) is 0 Å². The summed E-state index contributed by atoms with van der Waals surface area (Å²) in [7, 11) is 0. The van der Waals surface area contributed by atoms with Gasteiger partial charge in [-0.3, -0.25) is 10.9 Å². The smallest absolute Gasteiger partial charge is 0.123 e. The van der Waals surface area contributed by atoms with Gasteiger partial charge in [0.05, 0.1) is 23.8 Å². The van der Waals surface area contributed by atoms with Crippen molar-refractivity contribution in [3.63, 3.8) is 0 Å². The molecule has 0 spiro atoms. The van der Waals surface area contributed by atoms with Crippen LogP contribution in [-0.2, 0) is 0 Å². The molecule has 0 aromatic heterocycles. The number of hydrazone groups is 2. The van der Waals surface area contributed by atoms with Gasteiger partial charge in [-0.1, -0.05) is 36.4 Å². The minimum Gasteiger partial charge on any atom is -0.507 e. The Morgan fingerprint density at radius 2 is 0.938 bits per heavy atom. The normalized spacial score (nSPS) is 11.1. The van der Waals surface area contributed by atoms with Crippen molar-refractivity contribution in [2.75, 3.05) is 10.9 Å². The first-order valence-electron chi connectivity index (χ1n) is 10.0. The van der Waals surface area contributed by atoms with Crippen LogP contribution in [0.3, 0.4) is 0 Å². The second-order valence-corrected chi connectivity index (χ2v) is 7.03. The standard InChI is InChI=1S/C26H22N4O2/c31-25-13-11-19(17-27-29-21-7-3-1-4-8-21)15-23(25)24-16-20(12-14-26(24)32)18-28-30-22-9-5-2-6-10-22/h1-18,29-32H/b27-17+,28-18+. The maximum Gasteiger partial charge on any atom is 0.123 e. The molecule has 4 N–H and O–H groups in total. The van der Waals surface area contributed by atoms with Gasteiger partial charge >= 0.3 is 0 Å². The molecule has 6 nitrogen and oxygen atoms in total. The van der Waals surface area contributed by atoms with Crippen molar-refractivity contribution in [1.29, 1.82) is 0 Å². The number of phenols is 2. The number of para-hydroxylation sites is 2. The lowest BCUT2D eigenvalue weighted by molar-refractivity contribution is 0.469. The molecular formula is C26H22N4O2. The summed E-state index contributed by atoms with van der Waals surface area (Å²) >= 11 is 0. The summed E-state index contributed by atoms with van der Waals surface area (Å²) in [5, 5.41) is 29.3. The highest BCUT2D eigenvalue weighted by Gasteiger charge is 2.10. The second kappa shape index (κ2) is 9.95. The number of benzene rings is 4. The van der Waals surface area contributed by atoms with Crippen molar-refractivity contribution >= 4 is 23.8 Å². The van der Waals surface area contributed by atoms with Crippen LogP contribution in [0.25, 0.3) is 11.1 Å². The van der Waals surface area contributed by atoms with Crippen molar-refractivity contribution in [3.05, 3.63) is 108 Å². The van der Waals surface area contributed by atoms with Gasteiger partial charge in [0, 0.05) is 11.1 Å². The molecule has 158 valence electrons. The summed E-state index contributed by atoms with van der Waals surface area (Å²) in [6, 6.07) is 29.4. The van der Waals surface area contributed by atoms with Crippen LogP contribution in [-0.4, -0.2) is 22.6 Å². The van der Waals surface area contributed by atoms with E-state index in [1.807, 2.05) is 60.7 Å². The second-order valence-electron chi connectivity index (χ2n) is 7.03. The zero-order chi connectivity index (χ0) is 22.2. The Labute approximate surface area is 186 Å². The van der Waals surface area contributed by atoms with Crippen molar-refractivity contribution in [2.24, 2.45) is 10.2 Å². The van der Waals surface area contributed by atoms with E-state index in [-0.39, 0.29) is 11.5 Å². The Morgan fingerprint density at radius 3 is 1.34 bits per heavy atom. The molecule has 0 amide bonds. The van der Waals surface area contributed by atoms with Gasteiger partial charge in [-0.2, -0.15) is 10.2 Å². The molecule has 0 heterocycles. The van der Waals surface area contributed by atoms with Gasteiger partial charge in [0.25, 0.3) is 0 Å². The summed E-state index contributed by atoms with van der Waals surface area (Å²) in [4.78, 5) is 0. The van der Waals surface area contributed by atoms with E-state index in [1.54, 1.807) is 48.8 Å². The van der Waals surface area contributed by atoms with E-state index in [9.17, 15) is 10.2 Å². The first-order chi connectivity index (χ1) is 15.7. The van der Waals surface area contributed by atoms with Crippen molar-refractivity contribution in [2.45, 2.75) is 0 Å². The lowest BCUT2D eigenvalue weighted by Crippen LogP contribution is -1.92. The molecule has 4 aromatic carbocycles. The predicted molar refractivity (Wildman–Crippen MR) is 131 cm³/mol. The molecule has 0 saturated carbocycles. The van der Waals surface area contributed by atoms with Crippen LogP contribution in [0, 0.1) is 0 Å². The summed E-state index contributed by atoms with van der Waals surface area (Å²) in [5.74, 6) is 0.120. The summed E-state index contributed by atoms with van der Waals surface area (Å²) in [5.41, 5.74) is 10.2. The van der Waals surface area contributed by atoms with Gasteiger partial charge in [0.2, 0.25) is 0 Å². The lowest BCUT2D eigenvalue weighted by atomic mass is 9.99. The molecule has 0 unspecified atom stereocenters. The van der Waals surface area contributed by atoms with Crippen molar-refractivity contribution < 1.29 is 10.2 Å². The number of anilines is 2. The van der Waals surface area contributed by atoms with Crippen LogP contribution in [0.5, 0.6) is 11.5 Å². The molecule has 6 heteroatoms. The van der Waals surface area contributed by atoms with Crippen LogP contribution < -0.4 is 10.9 Å². The Hall–Kier alpha value is -4.58. The van der Waals surface area contributed by atoms with Crippen LogP contribution in [0.15, 0.2) is 107 Å². The highest BCUT2D eigenvalue weighted by molar-refractivity contribution is 5.89. The zero-order valence-electron chi connectivity index (χ0n) is 17.2. The molecule has 0 aliphatic rings. The van der Waals surface area contributed by atoms with Gasteiger partial charge < -0.3 is 10.2 Å². The number of phenolic OH excluding ortho intramolecular Hbond substituents is 2. The van der Waals surface area contributed by atoms with E-state index in [4.69, 9.17) is 0 Å². The molecule has 0 radical (unpaired) electrons. The van der Waals surface area contributed by atoms with E-state index in [2.05, 4.69) is 21.1 Å². The maximum atomic E-state index is 10.4. The van der Waals surface area contributed by atoms with Gasteiger partial charge in [-0.05, 0) is 71.8 Å². The van der Waals surface area contributed by atoms with Crippen LogP contribution in [0.1, 0.15) is 11.1 Å². The number of aromatic hydroxyl groups is 2. The number of nitrogens with one attached hydrogen (secondary N) is 2. The highest BCUT2D eigenvalue weighted by atomic mass is 16.3. The van der Waals surface area contributed by atoms with Crippen LogP contribution >= 0.6 is 0 Å². The number of hydrogen-bond acceptors (Lipinski definition) is 6. The van der Waals surface area contributed by atoms with E-state index in [1.165, 1.54) is 0 Å². The predicted octanol–water partition coefficient (Wildman–Crippen LogP) is 5.66. The molecule has 0 aliphatic heterocycles. The van der Waals surface area contributed by atoms with Crippen LogP contribution in [0.4, 0.5) is 11.4 Å². The summed E-state index contributed by atoms with van der Waals surface area (Å²) < 4.78 is 0. The Morgan fingerprint density at radius 1 is 0.531 bits per heavy atom. The molecule has 4 aromatic rings. The molecule has 0 fully saturated rings. The van der Waals surface area contributed by atoms with Gasteiger partial charge in [-0.15, -0.1) is 0 Å². The third kappa shape index (κ3) is 5.31. The zero-order valence-corrected chi connectivity index (χ0v) is 17.2. The van der Waals surface area contributed by atoms with E-state index >= 15 is 0 Å². The van der Waals surface area contributed by atoms with E-state index < -0.39 is 0 Å². The molecule has 0 saturated heterocycles. The first kappa shape index (κ1) is 20.7. The van der Waals surface area contributed by atoms with E-state index in [0.29, 0.717) is 11.1 Å². The minimum atomic E-state index is 0.0602. The largest absolute Gasteiger partial charge is 0.507 e. The van der Waals surface area contributed by atoms with Crippen molar-refractivity contribution in [3.8, 4) is 22.6 Å². The first-order valence-corrected chi connectivity index (χ1v) is 10.0. The molecule has 4 rings (SSSR count). The third-order valence-electron chi connectivity index (χ3n) is 4.69. The number of hydrogen-bond donors (Lipinski definition) is 4. The Kier molecular flexibility index (Phi) is 6.43. The topological polar surface area (TPSA) is 89.2 Å². The van der Waals surface area contributed by atoms with Gasteiger partial charge in [-0.25, -0.2) is 0 Å².